The van der Waals surface area contributed by atoms with Crippen molar-refractivity contribution in [2.45, 2.75) is 12.8 Å². The summed E-state index contributed by atoms with van der Waals surface area (Å²) in [6.45, 7) is 0. The first-order valence-corrected chi connectivity index (χ1v) is 5.03. The number of benzene rings is 1. The van der Waals surface area contributed by atoms with E-state index in [1.165, 1.54) is 12.0 Å². The van der Waals surface area contributed by atoms with Crippen LogP contribution in [0.5, 0.6) is 0 Å². The Kier molecular flexibility index (Phi) is 4.51. The fourth-order valence-electron chi connectivity index (χ4n) is 1.27. The van der Waals surface area contributed by atoms with Crippen LogP contribution in [0.3, 0.4) is 0 Å². The van der Waals surface area contributed by atoms with Crippen molar-refractivity contribution in [3.8, 4) is 0 Å². The number of hydrogen-bond acceptors (Lipinski definition) is 3. The number of carbonyl (C=O) groups is 2. The lowest BCUT2D eigenvalue weighted by atomic mass is 10.2. The molecule has 0 spiro atoms. The fraction of sp³-hybridized carbons (Fsp3) is 0.333. The standard InChI is InChI=1S/C12H15NO3/c1-13(10-6-4-3-5-7-10)11(14)8-9-12(15)16-2/h3-7H,8-9H2,1-2H3. The van der Waals surface area contributed by atoms with Crippen molar-refractivity contribution in [1.29, 1.82) is 0 Å². The lowest BCUT2D eigenvalue weighted by molar-refractivity contribution is -0.141. The van der Waals surface area contributed by atoms with Crippen molar-refractivity contribution in [2.24, 2.45) is 0 Å². The maximum absolute atomic E-state index is 11.7. The van der Waals surface area contributed by atoms with Crippen LogP contribution < -0.4 is 4.90 Å². The van der Waals surface area contributed by atoms with Crippen LogP contribution in [0.2, 0.25) is 0 Å². The molecule has 0 unspecified atom stereocenters. The molecule has 0 N–H and O–H groups in total. The largest absolute Gasteiger partial charge is 0.469 e. The summed E-state index contributed by atoms with van der Waals surface area (Å²) in [4.78, 5) is 24.1. The minimum Gasteiger partial charge on any atom is -0.469 e. The Bertz CT molecular complexity index is 362. The zero-order valence-electron chi connectivity index (χ0n) is 9.47. The highest BCUT2D eigenvalue weighted by atomic mass is 16.5. The molecular weight excluding hydrogens is 206 g/mol. The zero-order valence-corrected chi connectivity index (χ0v) is 9.47. The van der Waals surface area contributed by atoms with Crippen molar-refractivity contribution in [3.05, 3.63) is 30.3 Å². The average molecular weight is 221 g/mol. The molecule has 0 saturated carbocycles. The number of para-hydroxylation sites is 1. The minimum atomic E-state index is -0.366. The Morgan fingerprint density at radius 1 is 1.19 bits per heavy atom. The second-order valence-electron chi connectivity index (χ2n) is 3.36. The number of ether oxygens (including phenoxy) is 1. The van der Waals surface area contributed by atoms with Gasteiger partial charge < -0.3 is 9.64 Å². The normalized spacial score (nSPS) is 9.62. The Morgan fingerprint density at radius 3 is 2.38 bits per heavy atom. The molecule has 0 fully saturated rings. The number of methoxy groups -OCH3 is 1. The van der Waals surface area contributed by atoms with Crippen molar-refractivity contribution < 1.29 is 14.3 Å². The zero-order chi connectivity index (χ0) is 12.0. The van der Waals surface area contributed by atoms with Gasteiger partial charge in [-0.2, -0.15) is 0 Å². The second-order valence-corrected chi connectivity index (χ2v) is 3.36. The third-order valence-electron chi connectivity index (χ3n) is 2.29. The van der Waals surface area contributed by atoms with E-state index in [1.807, 2.05) is 30.3 Å². The molecule has 1 rings (SSSR count). The quantitative estimate of drug-likeness (QED) is 0.725. The molecule has 4 nitrogen and oxygen atoms in total. The number of esters is 1. The van der Waals surface area contributed by atoms with E-state index in [2.05, 4.69) is 4.74 Å². The van der Waals surface area contributed by atoms with Gasteiger partial charge in [0, 0.05) is 19.2 Å². The van der Waals surface area contributed by atoms with E-state index in [-0.39, 0.29) is 24.7 Å². The SMILES string of the molecule is COC(=O)CCC(=O)N(C)c1ccccc1. The van der Waals surface area contributed by atoms with Gasteiger partial charge in [-0.1, -0.05) is 18.2 Å². The van der Waals surface area contributed by atoms with E-state index in [0.717, 1.165) is 5.69 Å². The van der Waals surface area contributed by atoms with Gasteiger partial charge >= 0.3 is 5.97 Å². The number of amides is 1. The van der Waals surface area contributed by atoms with Gasteiger partial charge in [0.15, 0.2) is 0 Å². The van der Waals surface area contributed by atoms with Crippen molar-refractivity contribution in [2.75, 3.05) is 19.1 Å². The van der Waals surface area contributed by atoms with Gasteiger partial charge in [0.25, 0.3) is 0 Å². The van der Waals surface area contributed by atoms with Crippen molar-refractivity contribution >= 4 is 17.6 Å². The smallest absolute Gasteiger partial charge is 0.306 e. The van der Waals surface area contributed by atoms with Crippen LogP contribution in [0.1, 0.15) is 12.8 Å². The van der Waals surface area contributed by atoms with Crippen LogP contribution in [-0.4, -0.2) is 26.0 Å². The van der Waals surface area contributed by atoms with Crippen LogP contribution >= 0.6 is 0 Å². The molecule has 0 heterocycles. The molecule has 0 atom stereocenters. The summed E-state index contributed by atoms with van der Waals surface area (Å²) in [6, 6.07) is 9.29. The number of nitrogens with zero attached hydrogens (tertiary/aromatic N) is 1. The Balaban J connectivity index is 2.52. The maximum atomic E-state index is 11.7. The third kappa shape index (κ3) is 3.38. The number of carbonyl (C=O) groups excluding carboxylic acids is 2. The number of anilines is 1. The Labute approximate surface area is 94.8 Å². The molecule has 86 valence electrons. The molecule has 16 heavy (non-hydrogen) atoms. The van der Waals surface area contributed by atoms with E-state index in [9.17, 15) is 9.59 Å². The van der Waals surface area contributed by atoms with Gasteiger partial charge in [-0.15, -0.1) is 0 Å². The summed E-state index contributed by atoms with van der Waals surface area (Å²) in [5.41, 5.74) is 0.817. The second kappa shape index (κ2) is 5.90. The first kappa shape index (κ1) is 12.2. The predicted molar refractivity (Wildman–Crippen MR) is 61.1 cm³/mol. The molecule has 0 aliphatic heterocycles. The molecule has 0 aliphatic rings. The van der Waals surface area contributed by atoms with Crippen LogP contribution in [0.4, 0.5) is 5.69 Å². The maximum Gasteiger partial charge on any atom is 0.306 e. The Hall–Kier alpha value is -1.84. The van der Waals surface area contributed by atoms with Crippen molar-refractivity contribution in [3.63, 3.8) is 0 Å². The van der Waals surface area contributed by atoms with Gasteiger partial charge in [0.1, 0.15) is 0 Å². The third-order valence-corrected chi connectivity index (χ3v) is 2.29. The van der Waals surface area contributed by atoms with Gasteiger partial charge in [0.05, 0.1) is 13.5 Å². The molecule has 0 radical (unpaired) electrons. The van der Waals surface area contributed by atoms with Gasteiger partial charge in [-0.05, 0) is 12.1 Å². The molecule has 4 heteroatoms. The van der Waals surface area contributed by atoms with Gasteiger partial charge in [-0.25, -0.2) is 0 Å². The lowest BCUT2D eigenvalue weighted by Crippen LogP contribution is -2.26. The number of hydrogen-bond donors (Lipinski definition) is 0. The molecule has 0 bridgehead atoms. The molecule has 0 saturated heterocycles. The molecule has 1 aromatic rings. The summed E-state index contributed by atoms with van der Waals surface area (Å²) < 4.78 is 4.48. The van der Waals surface area contributed by atoms with E-state index < -0.39 is 0 Å². The predicted octanol–water partition coefficient (Wildman–Crippen LogP) is 1.60. The van der Waals surface area contributed by atoms with Crippen molar-refractivity contribution in [1.82, 2.24) is 0 Å². The highest BCUT2D eigenvalue weighted by Gasteiger charge is 2.12. The summed E-state index contributed by atoms with van der Waals surface area (Å²) in [5.74, 6) is -0.466. The lowest BCUT2D eigenvalue weighted by Gasteiger charge is -2.16. The van der Waals surface area contributed by atoms with E-state index >= 15 is 0 Å². The topological polar surface area (TPSA) is 46.6 Å². The molecule has 0 aromatic heterocycles. The van der Waals surface area contributed by atoms with E-state index in [4.69, 9.17) is 0 Å². The number of rotatable bonds is 4. The highest BCUT2D eigenvalue weighted by molar-refractivity contribution is 5.94. The average Bonchev–Trinajstić information content (AvgIpc) is 2.35. The molecule has 1 aromatic carbocycles. The summed E-state index contributed by atoms with van der Waals surface area (Å²) in [7, 11) is 3.00. The first-order valence-electron chi connectivity index (χ1n) is 5.03. The highest BCUT2D eigenvalue weighted by Crippen LogP contribution is 2.12. The minimum absolute atomic E-state index is 0.100. The van der Waals surface area contributed by atoms with Crippen LogP contribution in [0.25, 0.3) is 0 Å². The summed E-state index contributed by atoms with van der Waals surface area (Å²) >= 11 is 0. The molecular formula is C12H15NO3. The fourth-order valence-corrected chi connectivity index (χ4v) is 1.27. The van der Waals surface area contributed by atoms with E-state index in [1.54, 1.807) is 7.05 Å². The summed E-state index contributed by atoms with van der Waals surface area (Å²) in [6.07, 6.45) is 0.282. The first-order chi connectivity index (χ1) is 7.65. The summed E-state index contributed by atoms with van der Waals surface area (Å²) in [5, 5.41) is 0. The van der Waals surface area contributed by atoms with Crippen LogP contribution in [0, 0.1) is 0 Å². The Morgan fingerprint density at radius 2 is 1.81 bits per heavy atom. The molecule has 0 aliphatic carbocycles. The monoisotopic (exact) mass is 221 g/mol. The van der Waals surface area contributed by atoms with Gasteiger partial charge in [0.2, 0.25) is 5.91 Å². The van der Waals surface area contributed by atoms with Crippen LogP contribution in [-0.2, 0) is 14.3 Å². The van der Waals surface area contributed by atoms with Crippen LogP contribution in [0.15, 0.2) is 30.3 Å². The molecule has 1 amide bonds. The van der Waals surface area contributed by atoms with E-state index in [0.29, 0.717) is 0 Å². The van der Waals surface area contributed by atoms with Gasteiger partial charge in [-0.3, -0.25) is 9.59 Å².